The Morgan fingerprint density at radius 3 is 2.56 bits per heavy atom. The smallest absolute Gasteiger partial charge is 0.358 e. The van der Waals surface area contributed by atoms with Crippen LogP contribution in [0.5, 0.6) is 11.5 Å². The predicted molar refractivity (Wildman–Crippen MR) is 127 cm³/mol. The summed E-state index contributed by atoms with van der Waals surface area (Å²) in [6.45, 7) is 2.27. The van der Waals surface area contributed by atoms with Crippen molar-refractivity contribution in [2.45, 2.75) is 13.5 Å². The van der Waals surface area contributed by atoms with Gasteiger partial charge in [0.2, 0.25) is 0 Å². The molecule has 0 aliphatic heterocycles. The minimum atomic E-state index is -0.738. The number of aryl methyl sites for hydroxylation is 1. The van der Waals surface area contributed by atoms with Crippen molar-refractivity contribution in [3.8, 4) is 11.5 Å². The maximum Gasteiger partial charge on any atom is 0.358 e. The van der Waals surface area contributed by atoms with Crippen LogP contribution >= 0.6 is 0 Å². The van der Waals surface area contributed by atoms with Crippen molar-refractivity contribution in [1.29, 1.82) is 0 Å². The third kappa shape index (κ3) is 6.67. The Kier molecular flexibility index (Phi) is 7.96. The minimum Gasteiger partial charge on any atom is -0.496 e. The molecule has 0 aromatic heterocycles. The quantitative estimate of drug-likeness (QED) is 0.125. The zero-order valence-corrected chi connectivity index (χ0v) is 18.6. The van der Waals surface area contributed by atoms with Gasteiger partial charge in [0.25, 0.3) is 5.69 Å². The van der Waals surface area contributed by atoms with E-state index in [1.807, 2.05) is 37.3 Å². The number of non-ortho nitro benzene ring substituents is 1. The number of nitrogens with zero attached hydrogens (tertiary/aromatic N) is 2. The van der Waals surface area contributed by atoms with Crippen molar-refractivity contribution in [1.82, 2.24) is 0 Å². The van der Waals surface area contributed by atoms with Gasteiger partial charge in [0.15, 0.2) is 5.84 Å². The number of nitro groups is 1. The van der Waals surface area contributed by atoms with Gasteiger partial charge in [0.05, 0.1) is 12.0 Å². The highest BCUT2D eigenvalue weighted by molar-refractivity contribution is 5.98. The number of carbonyl (C=O) groups excluding carboxylic acids is 1. The summed E-state index contributed by atoms with van der Waals surface area (Å²) in [6.07, 6.45) is 2.77. The molecule has 0 heterocycles. The number of nitrogens with two attached hydrogens (primary N) is 1. The van der Waals surface area contributed by atoms with Gasteiger partial charge >= 0.3 is 5.97 Å². The normalized spacial score (nSPS) is 11.3. The largest absolute Gasteiger partial charge is 0.496 e. The first-order valence-electron chi connectivity index (χ1n) is 10.2. The maximum absolute atomic E-state index is 12.0. The van der Waals surface area contributed by atoms with Crippen LogP contribution in [0.15, 0.2) is 78.0 Å². The molecule has 174 valence electrons. The molecule has 2 N–H and O–H groups in total. The van der Waals surface area contributed by atoms with E-state index in [9.17, 15) is 14.9 Å². The number of benzene rings is 3. The second-order valence-corrected chi connectivity index (χ2v) is 7.20. The number of amidine groups is 1. The van der Waals surface area contributed by atoms with E-state index < -0.39 is 10.9 Å². The second kappa shape index (κ2) is 11.3. The molecule has 9 nitrogen and oxygen atoms in total. The molecule has 0 fully saturated rings. The van der Waals surface area contributed by atoms with Crippen LogP contribution in [-0.2, 0) is 16.2 Å². The molecule has 0 saturated heterocycles. The highest BCUT2D eigenvalue weighted by Gasteiger charge is 2.08. The molecular formula is C25H23N3O6. The molecule has 3 aromatic carbocycles. The van der Waals surface area contributed by atoms with E-state index in [4.69, 9.17) is 20.0 Å². The molecule has 0 atom stereocenters. The van der Waals surface area contributed by atoms with Crippen LogP contribution in [0.3, 0.4) is 0 Å². The molecular weight excluding hydrogens is 438 g/mol. The number of carbonyl (C=O) groups is 1. The third-order valence-corrected chi connectivity index (χ3v) is 4.71. The minimum absolute atomic E-state index is 0.0837. The van der Waals surface area contributed by atoms with Gasteiger partial charge in [-0.3, -0.25) is 10.1 Å². The van der Waals surface area contributed by atoms with Crippen molar-refractivity contribution in [2.75, 3.05) is 7.11 Å². The zero-order valence-electron chi connectivity index (χ0n) is 18.6. The number of methoxy groups -OCH3 is 1. The number of hydrogen-bond acceptors (Lipinski definition) is 7. The van der Waals surface area contributed by atoms with Gasteiger partial charge in [-0.1, -0.05) is 23.4 Å². The van der Waals surface area contributed by atoms with Crippen molar-refractivity contribution in [3.63, 3.8) is 0 Å². The van der Waals surface area contributed by atoms with Gasteiger partial charge in [-0.2, -0.15) is 0 Å². The summed E-state index contributed by atoms with van der Waals surface area (Å²) in [5, 5.41) is 14.3. The average Bonchev–Trinajstić information content (AvgIpc) is 2.84. The summed E-state index contributed by atoms with van der Waals surface area (Å²) in [5.41, 5.74) is 8.70. The SMILES string of the molecule is COc1ccc(/C=C\C(=O)O/N=C(\N)c2ccc([N+](=O)[O-])cc2)cc1COc1cccc(C)c1. The molecule has 3 rings (SSSR count). The van der Waals surface area contributed by atoms with E-state index in [-0.39, 0.29) is 18.1 Å². The molecule has 0 aliphatic carbocycles. The monoisotopic (exact) mass is 461 g/mol. The molecule has 0 unspecified atom stereocenters. The lowest BCUT2D eigenvalue weighted by atomic mass is 10.1. The van der Waals surface area contributed by atoms with Gasteiger partial charge in [-0.15, -0.1) is 0 Å². The van der Waals surface area contributed by atoms with Crippen molar-refractivity contribution in [2.24, 2.45) is 10.9 Å². The van der Waals surface area contributed by atoms with Crippen LogP contribution in [-0.4, -0.2) is 23.8 Å². The van der Waals surface area contributed by atoms with Crippen molar-refractivity contribution >= 4 is 23.6 Å². The summed E-state index contributed by atoms with van der Waals surface area (Å²) in [4.78, 5) is 27.0. The number of hydrogen-bond donors (Lipinski definition) is 1. The van der Waals surface area contributed by atoms with Gasteiger partial charge < -0.3 is 20.0 Å². The Labute approximate surface area is 196 Å². The predicted octanol–water partition coefficient (Wildman–Crippen LogP) is 4.37. The van der Waals surface area contributed by atoms with E-state index in [1.54, 1.807) is 25.3 Å². The first-order valence-corrected chi connectivity index (χ1v) is 10.2. The van der Waals surface area contributed by atoms with Crippen LogP contribution in [0.1, 0.15) is 22.3 Å². The Bertz CT molecular complexity index is 1240. The molecule has 0 spiro atoms. The molecule has 0 amide bonds. The van der Waals surface area contributed by atoms with Crippen molar-refractivity contribution in [3.05, 3.63) is 105 Å². The molecule has 0 radical (unpaired) electrons. The zero-order chi connectivity index (χ0) is 24.5. The highest BCUT2D eigenvalue weighted by atomic mass is 16.7. The molecule has 9 heteroatoms. The lowest BCUT2D eigenvalue weighted by molar-refractivity contribution is -0.384. The van der Waals surface area contributed by atoms with Crippen LogP contribution in [0.25, 0.3) is 6.08 Å². The number of ether oxygens (including phenoxy) is 2. The fourth-order valence-electron chi connectivity index (χ4n) is 2.98. The van der Waals surface area contributed by atoms with E-state index in [1.165, 1.54) is 30.3 Å². The van der Waals surface area contributed by atoms with Gasteiger partial charge in [0, 0.05) is 29.3 Å². The molecule has 0 aliphatic rings. The van der Waals surface area contributed by atoms with E-state index in [2.05, 4.69) is 5.16 Å². The molecule has 3 aromatic rings. The van der Waals surface area contributed by atoms with Gasteiger partial charge in [-0.05, 0) is 60.5 Å². The Hall–Kier alpha value is -4.66. The van der Waals surface area contributed by atoms with E-state index in [0.717, 1.165) is 22.4 Å². The van der Waals surface area contributed by atoms with E-state index >= 15 is 0 Å². The van der Waals surface area contributed by atoms with Crippen LogP contribution < -0.4 is 15.2 Å². The first kappa shape index (κ1) is 24.0. The summed E-state index contributed by atoms with van der Waals surface area (Å²) >= 11 is 0. The highest BCUT2D eigenvalue weighted by Crippen LogP contribution is 2.23. The first-order chi connectivity index (χ1) is 16.4. The summed E-state index contributed by atoms with van der Waals surface area (Å²) in [7, 11) is 1.58. The van der Waals surface area contributed by atoms with Crippen LogP contribution in [0, 0.1) is 17.0 Å². The lowest BCUT2D eigenvalue weighted by Gasteiger charge is -2.11. The fraction of sp³-hybridized carbons (Fsp3) is 0.120. The van der Waals surface area contributed by atoms with Gasteiger partial charge in [0.1, 0.15) is 18.1 Å². The second-order valence-electron chi connectivity index (χ2n) is 7.20. The topological polar surface area (TPSA) is 126 Å². The number of oxime groups is 1. The maximum atomic E-state index is 12.0. The summed E-state index contributed by atoms with van der Waals surface area (Å²) in [5.74, 6) is 0.581. The summed E-state index contributed by atoms with van der Waals surface area (Å²) < 4.78 is 11.3. The Morgan fingerprint density at radius 1 is 1.12 bits per heavy atom. The molecule has 0 bridgehead atoms. The van der Waals surface area contributed by atoms with Crippen molar-refractivity contribution < 1.29 is 24.0 Å². The number of nitro benzene ring substituents is 1. The third-order valence-electron chi connectivity index (χ3n) is 4.71. The number of rotatable bonds is 9. The standard InChI is InChI=1S/C25H23N3O6/c1-17-4-3-5-22(14-17)33-16-20-15-18(6-12-23(20)32-2)7-13-24(29)34-27-25(26)19-8-10-21(11-9-19)28(30)31/h3-15H,16H2,1-2H3,(H2,26,27)/b13-7-. The van der Waals surface area contributed by atoms with Crippen LogP contribution in [0.2, 0.25) is 0 Å². The van der Waals surface area contributed by atoms with Crippen LogP contribution in [0.4, 0.5) is 5.69 Å². The average molecular weight is 461 g/mol. The molecule has 0 saturated carbocycles. The lowest BCUT2D eigenvalue weighted by Crippen LogP contribution is -2.14. The van der Waals surface area contributed by atoms with Gasteiger partial charge in [-0.25, -0.2) is 4.79 Å². The Balaban J connectivity index is 1.63. The fourth-order valence-corrected chi connectivity index (χ4v) is 2.98. The summed E-state index contributed by atoms with van der Waals surface area (Å²) in [6, 6.07) is 18.5. The Morgan fingerprint density at radius 2 is 1.88 bits per heavy atom. The van der Waals surface area contributed by atoms with E-state index in [0.29, 0.717) is 11.3 Å². The molecule has 34 heavy (non-hydrogen) atoms.